The lowest BCUT2D eigenvalue weighted by atomic mass is 10.1. The van der Waals surface area contributed by atoms with Gasteiger partial charge in [-0.15, -0.1) is 0 Å². The number of esters is 1. The van der Waals surface area contributed by atoms with Gasteiger partial charge in [-0.05, 0) is 12.1 Å². The van der Waals surface area contributed by atoms with Crippen LogP contribution in [-0.2, 0) is 4.74 Å². The molecule has 1 aromatic heterocycles. The number of aromatic nitrogens is 1. The van der Waals surface area contributed by atoms with Gasteiger partial charge in [0.1, 0.15) is 18.0 Å². The van der Waals surface area contributed by atoms with Crippen molar-refractivity contribution in [2.45, 2.75) is 0 Å². The first-order valence-electron chi connectivity index (χ1n) is 7.06. The van der Waals surface area contributed by atoms with Crippen LogP contribution in [0.25, 0.3) is 11.3 Å². The molecule has 0 amide bonds. The van der Waals surface area contributed by atoms with Crippen LogP contribution in [0.4, 0.5) is 0 Å². The number of nitrogens with one attached hydrogen (secondary N) is 1. The van der Waals surface area contributed by atoms with Crippen LogP contribution in [0.5, 0.6) is 0 Å². The molecule has 0 radical (unpaired) electrons. The van der Waals surface area contributed by atoms with E-state index in [9.17, 15) is 4.79 Å². The van der Waals surface area contributed by atoms with E-state index in [0.717, 1.165) is 5.56 Å². The quantitative estimate of drug-likeness (QED) is 0.577. The molecule has 0 saturated carbocycles. The third kappa shape index (κ3) is 3.52. The molecule has 2 aromatic carbocycles. The maximum Gasteiger partial charge on any atom is 0.338 e. The lowest BCUT2D eigenvalue weighted by molar-refractivity contribution is 0.0562. The minimum Gasteiger partial charge on any atom is -0.455 e. The van der Waals surface area contributed by atoms with Crippen molar-refractivity contribution in [3.05, 3.63) is 78.1 Å². The summed E-state index contributed by atoms with van der Waals surface area (Å²) < 4.78 is 10.3. The molecule has 0 spiro atoms. The predicted octanol–water partition coefficient (Wildman–Crippen LogP) is 3.57. The van der Waals surface area contributed by atoms with E-state index in [1.54, 1.807) is 30.3 Å². The SMILES string of the molecule is N=C(COC(=O)c1ccccc1)c1cc(-c2ccccc2)no1. The molecule has 0 bridgehead atoms. The highest BCUT2D eigenvalue weighted by Crippen LogP contribution is 2.18. The van der Waals surface area contributed by atoms with Crippen LogP contribution in [0, 0.1) is 5.41 Å². The number of carbonyl (C=O) groups is 1. The Hall–Kier alpha value is -3.21. The number of benzene rings is 2. The monoisotopic (exact) mass is 306 g/mol. The molecule has 114 valence electrons. The fraction of sp³-hybridized carbons (Fsp3) is 0.0556. The predicted molar refractivity (Wildman–Crippen MR) is 85.5 cm³/mol. The number of ether oxygens (including phenoxy) is 1. The smallest absolute Gasteiger partial charge is 0.338 e. The van der Waals surface area contributed by atoms with Crippen molar-refractivity contribution in [2.24, 2.45) is 0 Å². The average molecular weight is 306 g/mol. The minimum atomic E-state index is -0.474. The van der Waals surface area contributed by atoms with Crippen LogP contribution in [0.3, 0.4) is 0 Å². The summed E-state index contributed by atoms with van der Waals surface area (Å²) in [5, 5.41) is 11.9. The van der Waals surface area contributed by atoms with E-state index in [2.05, 4.69) is 5.16 Å². The molecule has 0 atom stereocenters. The number of nitrogens with zero attached hydrogens (tertiary/aromatic N) is 1. The molecule has 0 aliphatic rings. The summed E-state index contributed by atoms with van der Waals surface area (Å²) in [4.78, 5) is 11.8. The van der Waals surface area contributed by atoms with Crippen molar-refractivity contribution >= 4 is 11.7 Å². The molecule has 3 aromatic rings. The van der Waals surface area contributed by atoms with E-state index in [1.807, 2.05) is 36.4 Å². The first kappa shape index (κ1) is 14.7. The van der Waals surface area contributed by atoms with Crippen molar-refractivity contribution in [2.75, 3.05) is 6.61 Å². The second kappa shape index (κ2) is 6.70. The van der Waals surface area contributed by atoms with E-state index in [1.165, 1.54) is 0 Å². The normalized spacial score (nSPS) is 10.3. The minimum absolute atomic E-state index is 0.0592. The molecule has 0 aliphatic carbocycles. The zero-order valence-corrected chi connectivity index (χ0v) is 12.2. The fourth-order valence-electron chi connectivity index (χ4n) is 2.03. The van der Waals surface area contributed by atoms with Crippen LogP contribution >= 0.6 is 0 Å². The zero-order valence-electron chi connectivity index (χ0n) is 12.2. The van der Waals surface area contributed by atoms with Crippen molar-refractivity contribution in [1.29, 1.82) is 5.41 Å². The maximum absolute atomic E-state index is 11.8. The second-order valence-electron chi connectivity index (χ2n) is 4.86. The molecule has 1 heterocycles. The van der Waals surface area contributed by atoms with Crippen LogP contribution in [0.15, 0.2) is 71.3 Å². The van der Waals surface area contributed by atoms with Crippen molar-refractivity contribution in [3.63, 3.8) is 0 Å². The van der Waals surface area contributed by atoms with Gasteiger partial charge in [0.15, 0.2) is 5.76 Å². The Bertz CT molecular complexity index is 811. The highest BCUT2D eigenvalue weighted by molar-refractivity contribution is 5.99. The molecular formula is C18H14N2O3. The summed E-state index contributed by atoms with van der Waals surface area (Å²) in [6.45, 7) is -0.169. The highest BCUT2D eigenvalue weighted by Gasteiger charge is 2.13. The Morgan fingerprint density at radius 3 is 2.39 bits per heavy atom. The van der Waals surface area contributed by atoms with Crippen LogP contribution in [0.1, 0.15) is 16.1 Å². The second-order valence-corrected chi connectivity index (χ2v) is 4.86. The summed E-state index contributed by atoms with van der Waals surface area (Å²) >= 11 is 0. The van der Waals surface area contributed by atoms with Crippen LogP contribution in [0.2, 0.25) is 0 Å². The summed E-state index contributed by atoms with van der Waals surface area (Å²) in [7, 11) is 0. The molecule has 23 heavy (non-hydrogen) atoms. The Balaban J connectivity index is 1.63. The van der Waals surface area contributed by atoms with Gasteiger partial charge in [-0.1, -0.05) is 53.7 Å². The standard InChI is InChI=1S/C18H14N2O3/c19-15(12-22-18(21)14-9-5-2-6-10-14)17-11-16(20-23-17)13-7-3-1-4-8-13/h1-11,19H,12H2. The summed E-state index contributed by atoms with van der Waals surface area (Å²) in [5.41, 5.74) is 2.04. The Labute approximate surface area is 133 Å². The Morgan fingerprint density at radius 1 is 1.04 bits per heavy atom. The van der Waals surface area contributed by atoms with Crippen LogP contribution < -0.4 is 0 Å². The Kier molecular flexibility index (Phi) is 4.29. The van der Waals surface area contributed by atoms with Crippen LogP contribution in [-0.4, -0.2) is 23.4 Å². The van der Waals surface area contributed by atoms with Gasteiger partial charge in [0.25, 0.3) is 0 Å². The van der Waals surface area contributed by atoms with Crippen molar-refractivity contribution in [1.82, 2.24) is 5.16 Å². The lowest BCUT2D eigenvalue weighted by Gasteiger charge is -2.03. The molecule has 3 rings (SSSR count). The molecule has 5 nitrogen and oxygen atoms in total. The lowest BCUT2D eigenvalue weighted by Crippen LogP contribution is -2.13. The molecule has 0 aliphatic heterocycles. The number of hydrogen-bond acceptors (Lipinski definition) is 5. The fourth-order valence-corrected chi connectivity index (χ4v) is 2.03. The van der Waals surface area contributed by atoms with Gasteiger partial charge >= 0.3 is 5.97 Å². The van der Waals surface area contributed by atoms with Gasteiger partial charge in [0, 0.05) is 11.6 Å². The summed E-state index contributed by atoms with van der Waals surface area (Å²) in [6.07, 6.45) is 0. The topological polar surface area (TPSA) is 76.2 Å². The van der Waals surface area contributed by atoms with Gasteiger partial charge in [-0.3, -0.25) is 5.41 Å². The summed E-state index contributed by atoms with van der Waals surface area (Å²) in [6, 6.07) is 19.8. The largest absolute Gasteiger partial charge is 0.455 e. The molecule has 0 unspecified atom stereocenters. The number of carbonyl (C=O) groups excluding carboxylic acids is 1. The third-order valence-electron chi connectivity index (χ3n) is 3.23. The Morgan fingerprint density at radius 2 is 1.70 bits per heavy atom. The number of rotatable bonds is 5. The molecule has 5 heteroatoms. The zero-order chi connectivity index (χ0) is 16.1. The maximum atomic E-state index is 11.8. The van der Waals surface area contributed by atoms with E-state index < -0.39 is 5.97 Å². The van der Waals surface area contributed by atoms with Gasteiger partial charge in [0.2, 0.25) is 0 Å². The molecule has 0 saturated heterocycles. The average Bonchev–Trinajstić information content (AvgIpc) is 3.11. The van der Waals surface area contributed by atoms with Gasteiger partial charge < -0.3 is 9.26 Å². The van der Waals surface area contributed by atoms with Crippen molar-refractivity contribution in [3.8, 4) is 11.3 Å². The molecule has 0 fully saturated rings. The van der Waals surface area contributed by atoms with E-state index in [0.29, 0.717) is 11.3 Å². The summed E-state index contributed by atoms with van der Waals surface area (Å²) in [5.74, 6) is -0.192. The third-order valence-corrected chi connectivity index (χ3v) is 3.23. The van der Waals surface area contributed by atoms with Gasteiger partial charge in [0.05, 0.1) is 5.56 Å². The van der Waals surface area contributed by atoms with E-state index in [4.69, 9.17) is 14.7 Å². The number of hydrogen-bond donors (Lipinski definition) is 1. The highest BCUT2D eigenvalue weighted by atomic mass is 16.5. The first-order chi connectivity index (χ1) is 11.2. The molecule has 1 N–H and O–H groups in total. The van der Waals surface area contributed by atoms with Crippen molar-refractivity contribution < 1.29 is 14.1 Å². The molecular weight excluding hydrogens is 292 g/mol. The van der Waals surface area contributed by atoms with E-state index in [-0.39, 0.29) is 18.1 Å². The van der Waals surface area contributed by atoms with Gasteiger partial charge in [-0.25, -0.2) is 4.79 Å². The van der Waals surface area contributed by atoms with E-state index >= 15 is 0 Å². The first-order valence-corrected chi connectivity index (χ1v) is 7.06. The van der Waals surface area contributed by atoms with Gasteiger partial charge in [-0.2, -0.15) is 0 Å².